The molecule has 2 fully saturated rings. The van der Waals surface area contributed by atoms with Crippen LogP contribution in [0.1, 0.15) is 53.3 Å². The van der Waals surface area contributed by atoms with Crippen LogP contribution in [0.3, 0.4) is 0 Å². The number of nitrogens with zero attached hydrogens (tertiary/aromatic N) is 5. The van der Waals surface area contributed by atoms with Crippen molar-refractivity contribution in [2.75, 3.05) is 32.7 Å². The number of carbonyl (C=O) groups excluding carboxylic acids is 1. The lowest BCUT2D eigenvalue weighted by atomic mass is 9.95. The zero-order chi connectivity index (χ0) is 23.9. The number of ether oxygens (including phenoxy) is 1. The molecule has 4 heterocycles. The van der Waals surface area contributed by atoms with Gasteiger partial charge in [-0.25, -0.2) is 9.67 Å². The van der Waals surface area contributed by atoms with Gasteiger partial charge in [0.25, 0.3) is 11.5 Å². The Kier molecular flexibility index (Phi) is 7.02. The van der Waals surface area contributed by atoms with Crippen molar-refractivity contribution in [3.05, 3.63) is 32.2 Å². The summed E-state index contributed by atoms with van der Waals surface area (Å²) in [6.45, 7) is 14.5. The fourth-order valence-electron chi connectivity index (χ4n) is 5.06. The minimum Gasteiger partial charge on any atom is -0.373 e. The lowest BCUT2D eigenvalue weighted by molar-refractivity contribution is -0.0728. The van der Waals surface area contributed by atoms with Crippen molar-refractivity contribution in [2.24, 2.45) is 13.0 Å². The molecular formula is C24H35N5O3S. The molecule has 2 atom stereocenters. The summed E-state index contributed by atoms with van der Waals surface area (Å²) in [6, 6.07) is 0. The fourth-order valence-corrected chi connectivity index (χ4v) is 6.19. The second-order valence-corrected chi connectivity index (χ2v) is 10.7. The first-order valence-electron chi connectivity index (χ1n) is 11.8. The molecule has 2 aromatic heterocycles. The number of carbonyl (C=O) groups is 1. The number of aryl methyl sites for hydroxylation is 3. The van der Waals surface area contributed by atoms with E-state index in [9.17, 15) is 9.59 Å². The van der Waals surface area contributed by atoms with Crippen LogP contribution >= 0.6 is 11.3 Å². The van der Waals surface area contributed by atoms with E-state index in [0.717, 1.165) is 56.8 Å². The monoisotopic (exact) mass is 473 g/mol. The van der Waals surface area contributed by atoms with E-state index in [4.69, 9.17) is 4.74 Å². The Morgan fingerprint density at radius 1 is 1.09 bits per heavy atom. The van der Waals surface area contributed by atoms with Gasteiger partial charge in [0.15, 0.2) is 0 Å². The minimum atomic E-state index is -0.182. The summed E-state index contributed by atoms with van der Waals surface area (Å²) in [6.07, 6.45) is 2.59. The molecule has 33 heavy (non-hydrogen) atoms. The number of thiazole rings is 1. The molecule has 0 aliphatic carbocycles. The van der Waals surface area contributed by atoms with E-state index in [-0.39, 0.29) is 23.7 Å². The first-order chi connectivity index (χ1) is 15.6. The number of morpholine rings is 1. The Hall–Kier alpha value is -2.10. The predicted octanol–water partition coefficient (Wildman–Crippen LogP) is 2.79. The molecule has 2 aliphatic rings. The van der Waals surface area contributed by atoms with Gasteiger partial charge in [-0.05, 0) is 58.9 Å². The molecule has 2 aromatic rings. The van der Waals surface area contributed by atoms with Crippen LogP contribution in [0.4, 0.5) is 0 Å². The van der Waals surface area contributed by atoms with Crippen LogP contribution in [0.15, 0.2) is 4.79 Å². The van der Waals surface area contributed by atoms with E-state index < -0.39 is 0 Å². The Morgan fingerprint density at radius 2 is 1.73 bits per heavy atom. The van der Waals surface area contributed by atoms with Crippen LogP contribution in [-0.2, 0) is 11.8 Å². The standard InChI is InChI=1S/C24H35N5O3S/c1-14-11-28(12-15(2)32-14)13-19-7-9-29(10-8-19)24(31)21-18(5)25-22(33-21)20-16(3)17(4)26-27(6)23(20)30/h14-15,19H,7-13H2,1-6H3. The Bertz CT molecular complexity index is 1080. The lowest BCUT2D eigenvalue weighted by Crippen LogP contribution is -2.48. The Morgan fingerprint density at radius 3 is 2.36 bits per heavy atom. The normalized spacial score (nSPS) is 22.7. The van der Waals surface area contributed by atoms with Crippen molar-refractivity contribution in [2.45, 2.75) is 59.7 Å². The van der Waals surface area contributed by atoms with Gasteiger partial charge in [0.1, 0.15) is 9.88 Å². The van der Waals surface area contributed by atoms with Gasteiger partial charge in [-0.2, -0.15) is 5.10 Å². The average molecular weight is 474 g/mol. The molecule has 0 radical (unpaired) electrons. The number of piperidine rings is 1. The van der Waals surface area contributed by atoms with Gasteiger partial charge < -0.3 is 9.64 Å². The summed E-state index contributed by atoms with van der Waals surface area (Å²) in [5.41, 5.74) is 2.66. The van der Waals surface area contributed by atoms with Gasteiger partial charge in [0.2, 0.25) is 0 Å². The smallest absolute Gasteiger partial charge is 0.277 e. The van der Waals surface area contributed by atoms with Crippen molar-refractivity contribution in [1.82, 2.24) is 24.6 Å². The maximum atomic E-state index is 13.3. The number of likely N-dealkylation sites (tertiary alicyclic amines) is 1. The minimum absolute atomic E-state index is 0.0311. The molecule has 0 spiro atoms. The zero-order valence-electron chi connectivity index (χ0n) is 20.6. The molecular weight excluding hydrogens is 438 g/mol. The molecule has 2 saturated heterocycles. The molecule has 0 aromatic carbocycles. The number of amides is 1. The van der Waals surface area contributed by atoms with Crippen molar-refractivity contribution >= 4 is 17.2 Å². The molecule has 8 nitrogen and oxygen atoms in total. The highest BCUT2D eigenvalue weighted by Crippen LogP contribution is 2.30. The first-order valence-corrected chi connectivity index (χ1v) is 12.6. The third kappa shape index (κ3) is 5.05. The maximum absolute atomic E-state index is 13.3. The highest BCUT2D eigenvalue weighted by Gasteiger charge is 2.30. The molecule has 180 valence electrons. The zero-order valence-corrected chi connectivity index (χ0v) is 21.4. The van der Waals surface area contributed by atoms with Gasteiger partial charge in [-0.15, -0.1) is 11.3 Å². The van der Waals surface area contributed by atoms with Crippen LogP contribution in [0.25, 0.3) is 10.6 Å². The third-order valence-electron chi connectivity index (χ3n) is 6.84. The van der Waals surface area contributed by atoms with Crippen LogP contribution in [0.5, 0.6) is 0 Å². The molecule has 0 N–H and O–H groups in total. The quantitative estimate of drug-likeness (QED) is 0.679. The largest absolute Gasteiger partial charge is 0.373 e. The summed E-state index contributed by atoms with van der Waals surface area (Å²) in [5, 5.41) is 4.85. The van der Waals surface area contributed by atoms with Gasteiger partial charge in [-0.3, -0.25) is 14.5 Å². The van der Waals surface area contributed by atoms with Crippen molar-refractivity contribution in [3.63, 3.8) is 0 Å². The first kappa shape index (κ1) is 24.0. The van der Waals surface area contributed by atoms with E-state index in [2.05, 4.69) is 28.8 Å². The summed E-state index contributed by atoms with van der Waals surface area (Å²) < 4.78 is 7.20. The second kappa shape index (κ2) is 9.64. The third-order valence-corrected chi connectivity index (χ3v) is 8.01. The van der Waals surface area contributed by atoms with E-state index in [1.807, 2.05) is 25.7 Å². The van der Waals surface area contributed by atoms with Crippen molar-refractivity contribution < 1.29 is 9.53 Å². The summed E-state index contributed by atoms with van der Waals surface area (Å²) in [7, 11) is 1.65. The molecule has 1 amide bonds. The SMILES string of the molecule is Cc1nc(-c2c(C)c(C)nn(C)c2=O)sc1C(=O)N1CCC(CN2CC(C)OC(C)C2)CC1. The van der Waals surface area contributed by atoms with Crippen molar-refractivity contribution in [1.29, 1.82) is 0 Å². The number of hydrogen-bond acceptors (Lipinski definition) is 7. The topological polar surface area (TPSA) is 80.6 Å². The predicted molar refractivity (Wildman–Crippen MR) is 130 cm³/mol. The highest BCUT2D eigenvalue weighted by atomic mass is 32.1. The fraction of sp³-hybridized carbons (Fsp3) is 0.667. The van der Waals surface area contributed by atoms with Gasteiger partial charge in [0, 0.05) is 39.8 Å². The van der Waals surface area contributed by atoms with E-state index in [1.165, 1.54) is 16.0 Å². The second-order valence-electron chi connectivity index (χ2n) is 9.66. The molecule has 4 rings (SSSR count). The molecule has 0 saturated carbocycles. The number of rotatable bonds is 4. The summed E-state index contributed by atoms with van der Waals surface area (Å²) in [4.78, 5) is 35.8. The van der Waals surface area contributed by atoms with E-state index in [1.54, 1.807) is 7.05 Å². The Labute approximate surface area is 199 Å². The van der Waals surface area contributed by atoms with Crippen LogP contribution in [0.2, 0.25) is 0 Å². The summed E-state index contributed by atoms with van der Waals surface area (Å²) in [5.74, 6) is 0.638. The van der Waals surface area contributed by atoms with Gasteiger partial charge >= 0.3 is 0 Å². The number of aromatic nitrogens is 3. The molecule has 2 unspecified atom stereocenters. The maximum Gasteiger partial charge on any atom is 0.277 e. The van der Waals surface area contributed by atoms with E-state index in [0.29, 0.717) is 27.1 Å². The lowest BCUT2D eigenvalue weighted by Gasteiger charge is -2.39. The number of hydrogen-bond donors (Lipinski definition) is 0. The van der Waals surface area contributed by atoms with Crippen LogP contribution < -0.4 is 5.56 Å². The summed E-state index contributed by atoms with van der Waals surface area (Å²) >= 11 is 1.32. The highest BCUT2D eigenvalue weighted by molar-refractivity contribution is 7.17. The Balaban J connectivity index is 1.43. The van der Waals surface area contributed by atoms with Crippen LogP contribution in [-0.4, -0.2) is 75.4 Å². The van der Waals surface area contributed by atoms with Crippen molar-refractivity contribution in [3.8, 4) is 10.6 Å². The van der Waals surface area contributed by atoms with Crippen LogP contribution in [0, 0.1) is 26.7 Å². The molecule has 9 heteroatoms. The average Bonchev–Trinajstić information content (AvgIpc) is 3.13. The van der Waals surface area contributed by atoms with Gasteiger partial charge in [-0.1, -0.05) is 0 Å². The molecule has 2 aliphatic heterocycles. The molecule has 0 bridgehead atoms. The van der Waals surface area contributed by atoms with E-state index >= 15 is 0 Å². The van der Waals surface area contributed by atoms with Gasteiger partial charge in [0.05, 0.1) is 29.2 Å².